The monoisotopic (exact) mass is 481 g/mol. The number of carbonyl (C=O) groups is 1. The second-order valence-electron chi connectivity index (χ2n) is 9.83. The van der Waals surface area contributed by atoms with Crippen molar-refractivity contribution in [2.45, 2.75) is 45.8 Å². The summed E-state index contributed by atoms with van der Waals surface area (Å²) in [6.45, 7) is 6.36. The molecule has 0 fully saturated rings. The van der Waals surface area contributed by atoms with Crippen LogP contribution in [0.2, 0.25) is 0 Å². The maximum absolute atomic E-state index is 13.3. The number of carbonyl (C=O) groups excluding carboxylic acids is 1. The number of halogens is 1. The molecule has 2 atom stereocenters. The van der Waals surface area contributed by atoms with Gasteiger partial charge in [0.05, 0.1) is 18.3 Å². The summed E-state index contributed by atoms with van der Waals surface area (Å²) in [6.07, 6.45) is 5.92. The number of imidazole rings is 1. The number of ether oxygens (including phenoxy) is 1. The Morgan fingerprint density at radius 2 is 1.94 bits per heavy atom. The SMILES string of the molecule is COCC(=O)N(CC[C@@H](N)CF)[C@@H](c1nc(-c2ccccc2)cn1Cc1cccnc1)C(C)(C)C. The van der Waals surface area contributed by atoms with Crippen molar-refractivity contribution in [3.05, 3.63) is 72.4 Å². The Labute approximate surface area is 207 Å². The van der Waals surface area contributed by atoms with Crippen molar-refractivity contribution in [2.75, 3.05) is 26.9 Å². The van der Waals surface area contributed by atoms with Gasteiger partial charge in [-0.3, -0.25) is 9.78 Å². The van der Waals surface area contributed by atoms with E-state index in [1.807, 2.05) is 54.9 Å². The van der Waals surface area contributed by atoms with Crippen LogP contribution in [0, 0.1) is 5.41 Å². The van der Waals surface area contributed by atoms with Gasteiger partial charge in [-0.25, -0.2) is 9.37 Å². The minimum Gasteiger partial charge on any atom is -0.375 e. The molecule has 0 spiro atoms. The number of methoxy groups -OCH3 is 1. The molecule has 188 valence electrons. The van der Waals surface area contributed by atoms with E-state index in [1.54, 1.807) is 11.1 Å². The van der Waals surface area contributed by atoms with Crippen LogP contribution in [0.25, 0.3) is 11.3 Å². The van der Waals surface area contributed by atoms with Crippen LogP contribution in [-0.4, -0.2) is 58.3 Å². The zero-order chi connectivity index (χ0) is 25.4. The van der Waals surface area contributed by atoms with Gasteiger partial charge in [-0.1, -0.05) is 57.2 Å². The van der Waals surface area contributed by atoms with Gasteiger partial charge in [0.2, 0.25) is 5.91 Å². The normalized spacial score (nSPS) is 13.4. The lowest BCUT2D eigenvalue weighted by Gasteiger charge is -2.40. The van der Waals surface area contributed by atoms with Crippen molar-refractivity contribution in [1.29, 1.82) is 0 Å². The van der Waals surface area contributed by atoms with Crippen molar-refractivity contribution in [3.63, 3.8) is 0 Å². The molecule has 0 radical (unpaired) electrons. The van der Waals surface area contributed by atoms with Crippen molar-refractivity contribution in [1.82, 2.24) is 19.4 Å². The molecule has 7 nitrogen and oxygen atoms in total. The van der Waals surface area contributed by atoms with E-state index in [9.17, 15) is 9.18 Å². The van der Waals surface area contributed by atoms with Gasteiger partial charge in [-0.15, -0.1) is 0 Å². The quantitative estimate of drug-likeness (QED) is 0.443. The van der Waals surface area contributed by atoms with Gasteiger partial charge < -0.3 is 19.9 Å². The molecule has 2 heterocycles. The molecule has 3 rings (SSSR count). The zero-order valence-electron chi connectivity index (χ0n) is 21.0. The number of hydrogen-bond acceptors (Lipinski definition) is 5. The minimum atomic E-state index is -0.639. The fourth-order valence-corrected chi connectivity index (χ4v) is 4.19. The van der Waals surface area contributed by atoms with Crippen molar-refractivity contribution >= 4 is 5.91 Å². The third kappa shape index (κ3) is 6.96. The first-order valence-electron chi connectivity index (χ1n) is 11.9. The van der Waals surface area contributed by atoms with Crippen LogP contribution >= 0.6 is 0 Å². The second-order valence-corrected chi connectivity index (χ2v) is 9.83. The first kappa shape index (κ1) is 26.5. The van der Waals surface area contributed by atoms with Crippen LogP contribution < -0.4 is 5.73 Å². The van der Waals surface area contributed by atoms with Gasteiger partial charge in [0.25, 0.3) is 0 Å². The van der Waals surface area contributed by atoms with Gasteiger partial charge in [0.15, 0.2) is 0 Å². The van der Waals surface area contributed by atoms with Crippen LogP contribution in [-0.2, 0) is 16.1 Å². The Hall–Kier alpha value is -3.10. The molecule has 1 aromatic carbocycles. The topological polar surface area (TPSA) is 86.3 Å². The third-order valence-electron chi connectivity index (χ3n) is 5.86. The van der Waals surface area contributed by atoms with E-state index in [0.717, 1.165) is 22.6 Å². The number of benzene rings is 1. The number of rotatable bonds is 11. The number of hydrogen-bond donors (Lipinski definition) is 1. The summed E-state index contributed by atoms with van der Waals surface area (Å²) >= 11 is 0. The lowest BCUT2D eigenvalue weighted by molar-refractivity contribution is -0.140. The molecule has 2 aromatic heterocycles. The van der Waals surface area contributed by atoms with Crippen molar-refractivity contribution in [3.8, 4) is 11.3 Å². The van der Waals surface area contributed by atoms with Crippen molar-refractivity contribution in [2.24, 2.45) is 11.1 Å². The number of aromatic nitrogens is 3. The lowest BCUT2D eigenvalue weighted by atomic mass is 9.84. The maximum Gasteiger partial charge on any atom is 0.249 e. The van der Waals surface area contributed by atoms with E-state index in [0.29, 0.717) is 19.5 Å². The molecule has 0 saturated heterocycles. The molecule has 3 aromatic rings. The highest BCUT2D eigenvalue weighted by atomic mass is 19.1. The molecule has 0 aliphatic rings. The van der Waals surface area contributed by atoms with Crippen LogP contribution in [0.4, 0.5) is 4.39 Å². The summed E-state index contributed by atoms with van der Waals surface area (Å²) in [5, 5.41) is 0. The highest BCUT2D eigenvalue weighted by Crippen LogP contribution is 2.39. The second kappa shape index (κ2) is 12.0. The Bertz CT molecular complexity index is 1070. The standard InChI is InChI=1S/C27H36FN5O2/c1-27(2,3)25(33(24(34)19-35-4)14-12-22(29)15-28)26-31-23(21-10-6-5-7-11-21)18-32(26)17-20-9-8-13-30-16-20/h5-11,13,16,18,22,25H,12,14-15,17,19,29H2,1-4H3/t22-,25+/m1/s1. The predicted octanol–water partition coefficient (Wildman–Crippen LogP) is 4.24. The number of pyridine rings is 1. The van der Waals surface area contributed by atoms with Crippen molar-refractivity contribution < 1.29 is 13.9 Å². The average molecular weight is 482 g/mol. The number of nitrogens with zero attached hydrogens (tertiary/aromatic N) is 4. The lowest BCUT2D eigenvalue weighted by Crippen LogP contribution is -2.45. The Morgan fingerprint density at radius 1 is 1.20 bits per heavy atom. The number of alkyl halides is 1. The summed E-state index contributed by atoms with van der Waals surface area (Å²) in [5.41, 5.74) is 8.33. The van der Waals surface area contributed by atoms with E-state index in [-0.39, 0.29) is 17.9 Å². The zero-order valence-corrected chi connectivity index (χ0v) is 21.0. The largest absolute Gasteiger partial charge is 0.375 e. The Morgan fingerprint density at radius 3 is 2.54 bits per heavy atom. The first-order chi connectivity index (χ1) is 16.7. The smallest absolute Gasteiger partial charge is 0.249 e. The Kier molecular flexibility index (Phi) is 9.12. The van der Waals surface area contributed by atoms with Gasteiger partial charge >= 0.3 is 0 Å². The van der Waals surface area contributed by atoms with E-state index < -0.39 is 18.8 Å². The molecular weight excluding hydrogens is 445 g/mol. The molecule has 35 heavy (non-hydrogen) atoms. The number of amides is 1. The molecule has 0 aliphatic heterocycles. The molecular formula is C27H36FN5O2. The molecule has 2 N–H and O–H groups in total. The highest BCUT2D eigenvalue weighted by Gasteiger charge is 2.38. The summed E-state index contributed by atoms with van der Waals surface area (Å²) in [7, 11) is 1.49. The summed E-state index contributed by atoms with van der Waals surface area (Å²) in [6, 6.07) is 12.8. The van der Waals surface area contributed by atoms with Crippen LogP contribution in [0.5, 0.6) is 0 Å². The fraction of sp³-hybridized carbons (Fsp3) is 0.444. The molecule has 0 unspecified atom stereocenters. The summed E-state index contributed by atoms with van der Waals surface area (Å²) in [4.78, 5) is 24.3. The molecule has 0 aliphatic carbocycles. The van der Waals surface area contributed by atoms with Gasteiger partial charge in [0.1, 0.15) is 19.1 Å². The summed E-state index contributed by atoms with van der Waals surface area (Å²) in [5.74, 6) is 0.564. The molecule has 1 amide bonds. The number of nitrogens with two attached hydrogens (primary N) is 1. The highest BCUT2D eigenvalue weighted by molar-refractivity contribution is 5.78. The van der Waals surface area contributed by atoms with E-state index in [2.05, 4.69) is 30.3 Å². The van der Waals surface area contributed by atoms with Gasteiger partial charge in [-0.2, -0.15) is 0 Å². The van der Waals surface area contributed by atoms with E-state index in [1.165, 1.54) is 7.11 Å². The Balaban J connectivity index is 2.13. The summed E-state index contributed by atoms with van der Waals surface area (Å²) < 4.78 is 20.4. The van der Waals surface area contributed by atoms with Crippen LogP contribution in [0.15, 0.2) is 61.1 Å². The molecule has 8 heteroatoms. The average Bonchev–Trinajstić information content (AvgIpc) is 3.24. The van der Waals surface area contributed by atoms with Crippen LogP contribution in [0.1, 0.15) is 44.6 Å². The minimum absolute atomic E-state index is 0.0771. The molecule has 0 bridgehead atoms. The van der Waals surface area contributed by atoms with E-state index in [4.69, 9.17) is 15.5 Å². The van der Waals surface area contributed by atoms with E-state index >= 15 is 0 Å². The maximum atomic E-state index is 13.3. The predicted molar refractivity (Wildman–Crippen MR) is 135 cm³/mol. The van der Waals surface area contributed by atoms with Gasteiger partial charge in [-0.05, 0) is 23.5 Å². The van der Waals surface area contributed by atoms with Gasteiger partial charge in [0, 0.05) is 43.9 Å². The van der Waals surface area contributed by atoms with Crippen LogP contribution in [0.3, 0.4) is 0 Å². The molecule has 0 saturated carbocycles. The first-order valence-corrected chi connectivity index (χ1v) is 11.9. The fourth-order valence-electron chi connectivity index (χ4n) is 4.19. The third-order valence-corrected chi connectivity index (χ3v) is 5.86.